The Balaban J connectivity index is 1.71. The Labute approximate surface area is 117 Å². The van der Waals surface area contributed by atoms with Gasteiger partial charge in [-0.15, -0.1) is 5.10 Å². The summed E-state index contributed by atoms with van der Waals surface area (Å²) in [6.07, 6.45) is 0. The molecule has 3 rings (SSSR count). The van der Waals surface area contributed by atoms with Gasteiger partial charge in [0, 0.05) is 12.6 Å². The maximum absolute atomic E-state index is 12.8. The van der Waals surface area contributed by atoms with Crippen LogP contribution in [0.5, 0.6) is 0 Å². The predicted octanol–water partition coefficient (Wildman–Crippen LogP) is 1.69. The second-order valence-corrected chi connectivity index (χ2v) is 4.83. The highest BCUT2D eigenvalue weighted by molar-refractivity contribution is 7.98. The van der Waals surface area contributed by atoms with Gasteiger partial charge in [-0.05, 0) is 34.7 Å². The first-order valence-electron chi connectivity index (χ1n) is 5.66. The Morgan fingerprint density at radius 2 is 2.10 bits per heavy atom. The third-order valence-corrected chi connectivity index (χ3v) is 3.47. The molecule has 0 saturated heterocycles. The first-order chi connectivity index (χ1) is 9.72. The number of thioether (sulfide) groups is 1. The molecule has 7 nitrogen and oxygen atoms in total. The largest absolute Gasteiger partial charge is 0.338 e. The second kappa shape index (κ2) is 5.37. The van der Waals surface area contributed by atoms with Crippen molar-refractivity contribution in [3.05, 3.63) is 36.0 Å². The fourth-order valence-electron chi connectivity index (χ4n) is 1.50. The lowest BCUT2D eigenvalue weighted by Crippen LogP contribution is -1.93. The molecule has 0 saturated carbocycles. The maximum Gasteiger partial charge on any atom is 0.237 e. The lowest BCUT2D eigenvalue weighted by molar-refractivity contribution is 0.391. The molecule has 20 heavy (non-hydrogen) atoms. The van der Waals surface area contributed by atoms with Crippen LogP contribution in [-0.4, -0.2) is 30.3 Å². The van der Waals surface area contributed by atoms with Crippen molar-refractivity contribution in [1.29, 1.82) is 0 Å². The van der Waals surface area contributed by atoms with Crippen LogP contribution in [0, 0.1) is 5.82 Å². The van der Waals surface area contributed by atoms with E-state index in [0.717, 1.165) is 0 Å². The summed E-state index contributed by atoms with van der Waals surface area (Å²) in [6, 6.07) is 5.91. The Kier molecular flexibility index (Phi) is 3.42. The highest BCUT2D eigenvalue weighted by Gasteiger charge is 2.11. The molecule has 0 spiro atoms. The van der Waals surface area contributed by atoms with Crippen LogP contribution in [0.15, 0.2) is 33.9 Å². The number of tetrazole rings is 1. The molecule has 0 aliphatic rings. The molecule has 3 aromatic rings. The van der Waals surface area contributed by atoms with E-state index in [1.54, 1.807) is 23.9 Å². The highest BCUT2D eigenvalue weighted by Crippen LogP contribution is 2.21. The molecule has 0 atom stereocenters. The lowest BCUT2D eigenvalue weighted by atomic mass is 10.2. The van der Waals surface area contributed by atoms with Gasteiger partial charge < -0.3 is 4.52 Å². The number of rotatable bonds is 4. The summed E-state index contributed by atoms with van der Waals surface area (Å²) in [7, 11) is 1.75. The third kappa shape index (κ3) is 2.67. The van der Waals surface area contributed by atoms with E-state index in [1.165, 1.54) is 23.9 Å². The summed E-state index contributed by atoms with van der Waals surface area (Å²) >= 11 is 1.39. The first-order valence-corrected chi connectivity index (χ1v) is 6.64. The average Bonchev–Trinajstić information content (AvgIpc) is 3.06. The van der Waals surface area contributed by atoms with E-state index in [2.05, 4.69) is 25.7 Å². The highest BCUT2D eigenvalue weighted by atomic mass is 32.2. The molecule has 1 aromatic carbocycles. The zero-order chi connectivity index (χ0) is 13.9. The van der Waals surface area contributed by atoms with Gasteiger partial charge in [0.05, 0.1) is 5.75 Å². The van der Waals surface area contributed by atoms with Crippen LogP contribution >= 0.6 is 11.8 Å². The number of benzene rings is 1. The van der Waals surface area contributed by atoms with Crippen LogP contribution in [0.25, 0.3) is 11.4 Å². The zero-order valence-electron chi connectivity index (χ0n) is 10.4. The van der Waals surface area contributed by atoms with E-state index in [9.17, 15) is 4.39 Å². The van der Waals surface area contributed by atoms with E-state index >= 15 is 0 Å². The van der Waals surface area contributed by atoms with Gasteiger partial charge >= 0.3 is 0 Å². The third-order valence-electron chi connectivity index (χ3n) is 2.48. The Hall–Kier alpha value is -2.29. The predicted molar refractivity (Wildman–Crippen MR) is 68.1 cm³/mol. The minimum absolute atomic E-state index is 0.303. The van der Waals surface area contributed by atoms with Crippen molar-refractivity contribution in [2.24, 2.45) is 7.05 Å². The van der Waals surface area contributed by atoms with Gasteiger partial charge in [-0.2, -0.15) is 4.98 Å². The van der Waals surface area contributed by atoms with Gasteiger partial charge in [-0.25, -0.2) is 9.07 Å². The Morgan fingerprint density at radius 1 is 1.30 bits per heavy atom. The van der Waals surface area contributed by atoms with Crippen molar-refractivity contribution in [3.63, 3.8) is 0 Å². The van der Waals surface area contributed by atoms with E-state index in [-0.39, 0.29) is 5.82 Å². The van der Waals surface area contributed by atoms with Crippen molar-refractivity contribution in [2.75, 3.05) is 0 Å². The number of halogens is 1. The van der Waals surface area contributed by atoms with Crippen molar-refractivity contribution >= 4 is 11.8 Å². The first kappa shape index (κ1) is 12.7. The summed E-state index contributed by atoms with van der Waals surface area (Å²) in [4.78, 5) is 4.24. The molecule has 0 unspecified atom stereocenters. The van der Waals surface area contributed by atoms with Gasteiger partial charge in [-0.3, -0.25) is 0 Å². The minimum Gasteiger partial charge on any atom is -0.338 e. The van der Waals surface area contributed by atoms with Crippen molar-refractivity contribution in [3.8, 4) is 11.4 Å². The van der Waals surface area contributed by atoms with Gasteiger partial charge in [-0.1, -0.05) is 16.9 Å². The van der Waals surface area contributed by atoms with Crippen molar-refractivity contribution in [2.45, 2.75) is 10.9 Å². The molecule has 9 heteroatoms. The number of aromatic nitrogens is 6. The molecule has 2 aromatic heterocycles. The number of aryl methyl sites for hydroxylation is 1. The lowest BCUT2D eigenvalue weighted by Gasteiger charge is -1.94. The van der Waals surface area contributed by atoms with Crippen molar-refractivity contribution in [1.82, 2.24) is 30.3 Å². The molecule has 0 N–H and O–H groups in total. The maximum atomic E-state index is 12.8. The summed E-state index contributed by atoms with van der Waals surface area (Å²) in [5.74, 6) is 1.04. The Bertz CT molecular complexity index is 710. The molecule has 0 fully saturated rings. The fraction of sp³-hybridized carbons (Fsp3) is 0.182. The molecular formula is C11H9FN6OS. The number of hydrogen-bond acceptors (Lipinski definition) is 7. The van der Waals surface area contributed by atoms with E-state index in [1.807, 2.05) is 0 Å². The smallest absolute Gasteiger partial charge is 0.237 e. The van der Waals surface area contributed by atoms with Crippen LogP contribution < -0.4 is 0 Å². The molecule has 0 aliphatic heterocycles. The topological polar surface area (TPSA) is 82.5 Å². The summed E-state index contributed by atoms with van der Waals surface area (Å²) in [6.45, 7) is 0. The minimum atomic E-state index is -0.303. The van der Waals surface area contributed by atoms with Crippen LogP contribution in [0.2, 0.25) is 0 Å². The number of nitrogens with zero attached hydrogens (tertiary/aromatic N) is 6. The monoisotopic (exact) mass is 292 g/mol. The molecular weight excluding hydrogens is 283 g/mol. The van der Waals surface area contributed by atoms with E-state index < -0.39 is 0 Å². The average molecular weight is 292 g/mol. The standard InChI is InChI=1S/C11H9FN6OS/c1-18-11(14-16-17-18)20-6-9-13-10(15-19-9)7-2-4-8(12)5-3-7/h2-5H,6H2,1H3. The van der Waals surface area contributed by atoms with Gasteiger partial charge in [0.25, 0.3) is 0 Å². The normalized spacial score (nSPS) is 10.9. The van der Waals surface area contributed by atoms with Gasteiger partial charge in [0.2, 0.25) is 16.9 Å². The van der Waals surface area contributed by atoms with Crippen LogP contribution in [-0.2, 0) is 12.8 Å². The fourth-order valence-corrected chi connectivity index (χ4v) is 2.19. The molecule has 0 amide bonds. The molecule has 0 aliphatic carbocycles. The molecule has 0 radical (unpaired) electrons. The van der Waals surface area contributed by atoms with Crippen LogP contribution in [0.1, 0.15) is 5.89 Å². The van der Waals surface area contributed by atoms with Gasteiger partial charge in [0.1, 0.15) is 5.82 Å². The zero-order valence-corrected chi connectivity index (χ0v) is 11.2. The quantitative estimate of drug-likeness (QED) is 0.677. The summed E-state index contributed by atoms with van der Waals surface area (Å²) < 4.78 is 19.5. The SMILES string of the molecule is Cn1nnnc1SCc1nc(-c2ccc(F)cc2)no1. The number of hydrogen-bond donors (Lipinski definition) is 0. The second-order valence-electron chi connectivity index (χ2n) is 3.89. The molecule has 2 heterocycles. The molecule has 102 valence electrons. The van der Waals surface area contributed by atoms with Crippen LogP contribution in [0.4, 0.5) is 4.39 Å². The Morgan fingerprint density at radius 3 is 2.80 bits per heavy atom. The summed E-state index contributed by atoms with van der Waals surface area (Å²) in [5.41, 5.74) is 0.701. The van der Waals surface area contributed by atoms with Crippen molar-refractivity contribution < 1.29 is 8.91 Å². The van der Waals surface area contributed by atoms with Gasteiger partial charge in [0.15, 0.2) is 0 Å². The molecule has 0 bridgehead atoms. The summed E-state index contributed by atoms with van der Waals surface area (Å²) in [5, 5.41) is 15.6. The van der Waals surface area contributed by atoms with Crippen LogP contribution in [0.3, 0.4) is 0 Å². The van der Waals surface area contributed by atoms with E-state index in [0.29, 0.717) is 28.2 Å². The van der Waals surface area contributed by atoms with E-state index in [4.69, 9.17) is 4.52 Å².